The van der Waals surface area contributed by atoms with Gasteiger partial charge >= 0.3 is 11.9 Å². The van der Waals surface area contributed by atoms with E-state index < -0.39 is 5.97 Å². The first kappa shape index (κ1) is 18.9. The lowest BCUT2D eigenvalue weighted by molar-refractivity contribution is -0.143. The van der Waals surface area contributed by atoms with Crippen LogP contribution in [0.15, 0.2) is 36.4 Å². The molecule has 0 saturated carbocycles. The molecule has 0 atom stereocenters. The number of aliphatic carboxylic acids is 1. The maximum atomic E-state index is 10.7. The maximum Gasteiger partial charge on any atom is 0.328 e. The molecule has 0 fully saturated rings. The van der Waals surface area contributed by atoms with Crippen molar-refractivity contribution in [3.8, 4) is 0 Å². The molecular formula is C17H24O4. The predicted molar refractivity (Wildman–Crippen MR) is 83.9 cm³/mol. The van der Waals surface area contributed by atoms with Gasteiger partial charge in [0, 0.05) is 12.5 Å². The van der Waals surface area contributed by atoms with E-state index in [1.165, 1.54) is 0 Å². The number of carbonyl (C=O) groups excluding carboxylic acids is 1. The summed E-state index contributed by atoms with van der Waals surface area (Å²) in [7, 11) is 0. The van der Waals surface area contributed by atoms with E-state index in [1.54, 1.807) is 6.08 Å². The van der Waals surface area contributed by atoms with Crippen LogP contribution in [-0.4, -0.2) is 23.7 Å². The number of carbonyl (C=O) groups is 2. The van der Waals surface area contributed by atoms with Gasteiger partial charge in [0.2, 0.25) is 0 Å². The molecule has 0 aromatic heterocycles. The first-order valence-corrected chi connectivity index (χ1v) is 7.21. The van der Waals surface area contributed by atoms with Gasteiger partial charge in [-0.3, -0.25) is 4.79 Å². The van der Waals surface area contributed by atoms with Crippen LogP contribution in [0.25, 0.3) is 6.08 Å². The van der Waals surface area contributed by atoms with E-state index >= 15 is 0 Å². The van der Waals surface area contributed by atoms with Gasteiger partial charge in [-0.25, -0.2) is 4.79 Å². The highest BCUT2D eigenvalue weighted by Gasteiger charge is 1.98. The molecule has 0 spiro atoms. The molecule has 1 N–H and O–H groups in total. The Bertz CT molecular complexity index is 424. The van der Waals surface area contributed by atoms with Crippen LogP contribution in [0.5, 0.6) is 0 Å². The van der Waals surface area contributed by atoms with Gasteiger partial charge in [0.15, 0.2) is 0 Å². The lowest BCUT2D eigenvalue weighted by atomic mass is 10.2. The van der Waals surface area contributed by atoms with Crippen molar-refractivity contribution in [2.75, 3.05) is 6.61 Å². The Morgan fingerprint density at radius 2 is 1.81 bits per heavy atom. The number of hydrogen-bond acceptors (Lipinski definition) is 3. The van der Waals surface area contributed by atoms with Crippen LogP contribution in [0.1, 0.15) is 45.1 Å². The quantitative estimate of drug-likeness (QED) is 0.470. The topological polar surface area (TPSA) is 63.6 Å². The van der Waals surface area contributed by atoms with Gasteiger partial charge in [-0.05, 0) is 25.0 Å². The van der Waals surface area contributed by atoms with Gasteiger partial charge in [0.1, 0.15) is 0 Å². The van der Waals surface area contributed by atoms with Gasteiger partial charge in [-0.1, -0.05) is 50.1 Å². The van der Waals surface area contributed by atoms with Crippen molar-refractivity contribution in [2.45, 2.75) is 39.5 Å². The van der Waals surface area contributed by atoms with Crippen LogP contribution in [0.3, 0.4) is 0 Å². The number of esters is 1. The van der Waals surface area contributed by atoms with E-state index in [0.29, 0.717) is 13.0 Å². The maximum absolute atomic E-state index is 10.7. The second kappa shape index (κ2) is 12.9. The largest absolute Gasteiger partial charge is 0.478 e. The lowest BCUT2D eigenvalue weighted by Crippen LogP contribution is -2.02. The van der Waals surface area contributed by atoms with Crippen LogP contribution in [-0.2, 0) is 14.3 Å². The summed E-state index contributed by atoms with van der Waals surface area (Å²) in [5, 5.41) is 8.29. The lowest BCUT2D eigenvalue weighted by Gasteiger charge is -1.99. The summed E-state index contributed by atoms with van der Waals surface area (Å²) in [5.74, 6) is -0.982. The summed E-state index contributed by atoms with van der Waals surface area (Å²) in [6.07, 6.45) is 6.51. The fourth-order valence-corrected chi connectivity index (χ4v) is 1.48. The van der Waals surface area contributed by atoms with Crippen molar-refractivity contribution in [1.29, 1.82) is 0 Å². The Hall–Kier alpha value is -2.10. The Morgan fingerprint density at radius 3 is 2.33 bits per heavy atom. The molecule has 1 aromatic rings. The summed E-state index contributed by atoms with van der Waals surface area (Å²) in [5.41, 5.74) is 0.898. The molecule has 4 heteroatoms. The number of carboxylic acid groups (broad SMARTS) is 1. The highest BCUT2D eigenvalue weighted by Crippen LogP contribution is 2.00. The van der Waals surface area contributed by atoms with Crippen molar-refractivity contribution in [2.24, 2.45) is 0 Å². The van der Waals surface area contributed by atoms with Crippen molar-refractivity contribution < 1.29 is 19.4 Å². The smallest absolute Gasteiger partial charge is 0.328 e. The van der Waals surface area contributed by atoms with Crippen molar-refractivity contribution in [3.63, 3.8) is 0 Å². The van der Waals surface area contributed by atoms with E-state index in [2.05, 4.69) is 6.92 Å². The zero-order valence-electron chi connectivity index (χ0n) is 12.7. The number of hydrogen-bond donors (Lipinski definition) is 1. The third kappa shape index (κ3) is 12.7. The Kier molecular flexibility index (Phi) is 11.6. The third-order valence-corrected chi connectivity index (χ3v) is 2.51. The summed E-state index contributed by atoms with van der Waals surface area (Å²) in [4.78, 5) is 20.8. The highest BCUT2D eigenvalue weighted by molar-refractivity contribution is 5.85. The summed E-state index contributed by atoms with van der Waals surface area (Å²) in [6.45, 7) is 4.45. The van der Waals surface area contributed by atoms with Gasteiger partial charge in [0.25, 0.3) is 0 Å². The summed E-state index contributed by atoms with van der Waals surface area (Å²) in [6, 6.07) is 9.31. The van der Waals surface area contributed by atoms with Crippen LogP contribution in [0.4, 0.5) is 0 Å². The average Bonchev–Trinajstić information content (AvgIpc) is 2.47. The summed E-state index contributed by atoms with van der Waals surface area (Å²) >= 11 is 0. The SMILES string of the molecule is CCCCCC(=O)OCC.O=C(O)C=Cc1ccccc1. The fourth-order valence-electron chi connectivity index (χ4n) is 1.48. The van der Waals surface area contributed by atoms with Crippen LogP contribution < -0.4 is 0 Å². The first-order valence-electron chi connectivity index (χ1n) is 7.21. The second-order valence-corrected chi connectivity index (χ2v) is 4.34. The van der Waals surface area contributed by atoms with E-state index in [1.807, 2.05) is 37.3 Å². The molecule has 1 rings (SSSR count). The normalized spacial score (nSPS) is 9.81. The first-order chi connectivity index (χ1) is 10.1. The predicted octanol–water partition coefficient (Wildman–Crippen LogP) is 3.91. The Balaban J connectivity index is 0.000000384. The number of unbranched alkanes of at least 4 members (excludes halogenated alkanes) is 2. The summed E-state index contributed by atoms with van der Waals surface area (Å²) < 4.78 is 4.75. The Morgan fingerprint density at radius 1 is 1.14 bits per heavy atom. The zero-order valence-corrected chi connectivity index (χ0v) is 12.7. The van der Waals surface area contributed by atoms with Crippen molar-refractivity contribution in [3.05, 3.63) is 42.0 Å². The number of carboxylic acids is 1. The van der Waals surface area contributed by atoms with Crippen LogP contribution in [0.2, 0.25) is 0 Å². The van der Waals surface area contributed by atoms with E-state index in [0.717, 1.165) is 30.9 Å². The van der Waals surface area contributed by atoms with Gasteiger partial charge < -0.3 is 9.84 Å². The number of rotatable bonds is 7. The van der Waals surface area contributed by atoms with E-state index in [9.17, 15) is 9.59 Å². The molecular weight excluding hydrogens is 268 g/mol. The third-order valence-electron chi connectivity index (χ3n) is 2.51. The standard InChI is InChI=1S/C9H8O2.C8H16O2/c10-9(11)7-6-8-4-2-1-3-5-8;1-3-5-6-7-8(9)10-4-2/h1-7H,(H,10,11);3-7H2,1-2H3. The van der Waals surface area contributed by atoms with Crippen molar-refractivity contribution >= 4 is 18.0 Å². The molecule has 0 heterocycles. The minimum atomic E-state index is -0.922. The average molecular weight is 292 g/mol. The fraction of sp³-hybridized carbons (Fsp3) is 0.412. The second-order valence-electron chi connectivity index (χ2n) is 4.34. The molecule has 0 unspecified atom stereocenters. The van der Waals surface area contributed by atoms with Crippen molar-refractivity contribution in [1.82, 2.24) is 0 Å². The monoisotopic (exact) mass is 292 g/mol. The molecule has 0 saturated heterocycles. The molecule has 0 aliphatic carbocycles. The van der Waals surface area contributed by atoms with Gasteiger partial charge in [-0.15, -0.1) is 0 Å². The van der Waals surface area contributed by atoms with Crippen LogP contribution in [0, 0.1) is 0 Å². The molecule has 0 amide bonds. The zero-order chi connectivity index (χ0) is 15.9. The Labute approximate surface area is 126 Å². The van der Waals surface area contributed by atoms with Crippen LogP contribution >= 0.6 is 0 Å². The molecule has 0 aliphatic heterocycles. The van der Waals surface area contributed by atoms with Gasteiger partial charge in [-0.2, -0.15) is 0 Å². The molecule has 4 nitrogen and oxygen atoms in total. The number of ether oxygens (including phenoxy) is 1. The molecule has 0 radical (unpaired) electrons. The molecule has 1 aromatic carbocycles. The minimum Gasteiger partial charge on any atom is -0.478 e. The minimum absolute atomic E-state index is 0.0593. The van der Waals surface area contributed by atoms with E-state index in [4.69, 9.17) is 9.84 Å². The van der Waals surface area contributed by atoms with Gasteiger partial charge in [0.05, 0.1) is 6.61 Å². The molecule has 21 heavy (non-hydrogen) atoms. The van der Waals surface area contributed by atoms with E-state index in [-0.39, 0.29) is 5.97 Å². The molecule has 116 valence electrons. The molecule has 0 bridgehead atoms. The highest BCUT2D eigenvalue weighted by atomic mass is 16.5. The number of benzene rings is 1. The molecule has 0 aliphatic rings.